The van der Waals surface area contributed by atoms with Gasteiger partial charge in [-0.15, -0.1) is 0 Å². The zero-order valence-electron chi connectivity index (χ0n) is 13.6. The number of methoxy groups -OCH3 is 1. The molecule has 1 aromatic carbocycles. The molecular formula is C17H29NO3. The van der Waals surface area contributed by atoms with Crippen LogP contribution in [0.2, 0.25) is 0 Å². The molecule has 0 amide bonds. The van der Waals surface area contributed by atoms with Gasteiger partial charge < -0.3 is 19.8 Å². The van der Waals surface area contributed by atoms with Crippen LogP contribution in [0, 0.1) is 12.8 Å². The zero-order valence-corrected chi connectivity index (χ0v) is 13.6. The van der Waals surface area contributed by atoms with E-state index in [0.29, 0.717) is 12.3 Å². The minimum absolute atomic E-state index is 0.279. The average molecular weight is 295 g/mol. The van der Waals surface area contributed by atoms with Crippen molar-refractivity contribution in [2.24, 2.45) is 5.92 Å². The van der Waals surface area contributed by atoms with Crippen molar-refractivity contribution >= 4 is 0 Å². The molecular weight excluding hydrogens is 266 g/mol. The molecule has 0 aromatic heterocycles. The van der Waals surface area contributed by atoms with Crippen molar-refractivity contribution in [3.8, 4) is 5.75 Å². The molecule has 4 heteroatoms. The number of hydrogen-bond donors (Lipinski definition) is 2. The first-order valence-electron chi connectivity index (χ1n) is 7.54. The van der Waals surface area contributed by atoms with Crippen molar-refractivity contribution < 1.29 is 14.9 Å². The highest BCUT2D eigenvalue weighted by Gasteiger charge is 2.27. The van der Waals surface area contributed by atoms with Crippen LogP contribution in [0.1, 0.15) is 24.8 Å². The second-order valence-corrected chi connectivity index (χ2v) is 6.08. The number of aryl methyl sites for hydroxylation is 1. The van der Waals surface area contributed by atoms with Gasteiger partial charge >= 0.3 is 0 Å². The first-order valence-corrected chi connectivity index (χ1v) is 7.54. The topological polar surface area (TPSA) is 52.9 Å². The highest BCUT2D eigenvalue weighted by molar-refractivity contribution is 5.27. The largest absolute Gasteiger partial charge is 0.497 e. The smallest absolute Gasteiger partial charge is 0.119 e. The first kappa shape index (κ1) is 18.0. The molecule has 2 N–H and O–H groups in total. The molecule has 2 rings (SSSR count). The van der Waals surface area contributed by atoms with Crippen LogP contribution < -0.4 is 4.74 Å². The summed E-state index contributed by atoms with van der Waals surface area (Å²) in [6.07, 6.45) is 1.75. The Morgan fingerprint density at radius 2 is 1.95 bits per heavy atom. The summed E-state index contributed by atoms with van der Waals surface area (Å²) in [6.45, 7) is 2.97. The Morgan fingerprint density at radius 3 is 2.43 bits per heavy atom. The molecule has 0 aliphatic heterocycles. The van der Waals surface area contributed by atoms with Gasteiger partial charge in [-0.05, 0) is 63.9 Å². The summed E-state index contributed by atoms with van der Waals surface area (Å²) >= 11 is 0. The fourth-order valence-corrected chi connectivity index (χ4v) is 2.61. The number of rotatable bonds is 3. The molecule has 21 heavy (non-hydrogen) atoms. The number of aliphatic hydroxyl groups excluding tert-OH is 2. The van der Waals surface area contributed by atoms with Crippen molar-refractivity contribution in [3.05, 3.63) is 29.8 Å². The summed E-state index contributed by atoms with van der Waals surface area (Å²) in [5.74, 6) is 1.28. The van der Waals surface area contributed by atoms with Gasteiger partial charge in [0, 0.05) is 6.54 Å². The van der Waals surface area contributed by atoms with Crippen molar-refractivity contribution in [2.75, 3.05) is 27.7 Å². The molecule has 1 aromatic rings. The molecule has 0 spiro atoms. The molecule has 0 heterocycles. The van der Waals surface area contributed by atoms with Gasteiger partial charge in [0.15, 0.2) is 0 Å². The second kappa shape index (κ2) is 9.03. The third-order valence-corrected chi connectivity index (χ3v) is 3.75. The molecule has 0 bridgehead atoms. The van der Waals surface area contributed by atoms with Crippen molar-refractivity contribution in [1.82, 2.24) is 4.90 Å². The highest BCUT2D eigenvalue weighted by atomic mass is 16.5. The quantitative estimate of drug-likeness (QED) is 0.896. The molecule has 1 aliphatic rings. The van der Waals surface area contributed by atoms with Gasteiger partial charge in [-0.25, -0.2) is 0 Å². The van der Waals surface area contributed by atoms with E-state index < -0.39 is 0 Å². The lowest BCUT2D eigenvalue weighted by Gasteiger charge is -2.32. The molecule has 0 radical (unpaired) electrons. The summed E-state index contributed by atoms with van der Waals surface area (Å²) in [5.41, 5.74) is 1.23. The lowest BCUT2D eigenvalue weighted by molar-refractivity contribution is -0.00631. The van der Waals surface area contributed by atoms with Gasteiger partial charge in [0.1, 0.15) is 5.75 Å². The SMILES string of the molecule is CN(C)C[C@H]1CC[C@@H](O)C[C@H]1O.COc1cccc(C)c1. The van der Waals surface area contributed by atoms with Crippen LogP contribution in [0.25, 0.3) is 0 Å². The van der Waals surface area contributed by atoms with E-state index >= 15 is 0 Å². The van der Waals surface area contributed by atoms with Gasteiger partial charge in [0.05, 0.1) is 19.3 Å². The van der Waals surface area contributed by atoms with E-state index in [2.05, 4.69) is 4.90 Å². The normalized spacial score (nSPS) is 25.2. The minimum atomic E-state index is -0.309. The van der Waals surface area contributed by atoms with Gasteiger partial charge in [0.25, 0.3) is 0 Å². The first-order chi connectivity index (χ1) is 9.92. The molecule has 1 aliphatic carbocycles. The van der Waals surface area contributed by atoms with Crippen LogP contribution in [0.3, 0.4) is 0 Å². The molecule has 120 valence electrons. The van der Waals surface area contributed by atoms with Gasteiger partial charge in [0.2, 0.25) is 0 Å². The van der Waals surface area contributed by atoms with Crippen LogP contribution in [0.4, 0.5) is 0 Å². The predicted octanol–water partition coefficient (Wildman–Crippen LogP) is 2.07. The van der Waals surface area contributed by atoms with Crippen molar-refractivity contribution in [1.29, 1.82) is 0 Å². The molecule has 3 atom stereocenters. The van der Waals surface area contributed by atoms with E-state index in [1.807, 2.05) is 45.3 Å². The van der Waals surface area contributed by atoms with Crippen LogP contribution in [0.5, 0.6) is 5.75 Å². The van der Waals surface area contributed by atoms with Crippen molar-refractivity contribution in [2.45, 2.75) is 38.4 Å². The van der Waals surface area contributed by atoms with Crippen LogP contribution >= 0.6 is 0 Å². The Hall–Kier alpha value is -1.10. The predicted molar refractivity (Wildman–Crippen MR) is 85.6 cm³/mol. The highest BCUT2D eigenvalue weighted by Crippen LogP contribution is 2.24. The Labute approximate surface area is 128 Å². The minimum Gasteiger partial charge on any atom is -0.497 e. The number of nitrogens with zero attached hydrogens (tertiary/aromatic N) is 1. The van der Waals surface area contributed by atoms with Crippen molar-refractivity contribution in [3.63, 3.8) is 0 Å². The van der Waals surface area contributed by atoms with E-state index in [1.54, 1.807) is 7.11 Å². The molecule has 0 saturated heterocycles. The van der Waals surface area contributed by atoms with Gasteiger partial charge in [-0.2, -0.15) is 0 Å². The third-order valence-electron chi connectivity index (χ3n) is 3.75. The summed E-state index contributed by atoms with van der Waals surface area (Å²) in [4.78, 5) is 2.09. The fraction of sp³-hybridized carbons (Fsp3) is 0.647. The summed E-state index contributed by atoms with van der Waals surface area (Å²) < 4.78 is 5.00. The Morgan fingerprint density at radius 1 is 1.24 bits per heavy atom. The van der Waals surface area contributed by atoms with Gasteiger partial charge in [-0.1, -0.05) is 12.1 Å². The number of benzene rings is 1. The maximum Gasteiger partial charge on any atom is 0.119 e. The van der Waals surface area contributed by atoms with E-state index in [1.165, 1.54) is 5.56 Å². The lowest BCUT2D eigenvalue weighted by atomic mass is 9.84. The maximum atomic E-state index is 9.60. The summed E-state index contributed by atoms with van der Waals surface area (Å²) in [6, 6.07) is 7.96. The van der Waals surface area contributed by atoms with E-state index in [4.69, 9.17) is 4.74 Å². The number of aliphatic hydroxyl groups is 2. The standard InChI is InChI=1S/C9H19NO2.C8H10O/c1-10(2)6-7-3-4-8(11)5-9(7)12;1-7-4-3-5-8(6-7)9-2/h7-9,11-12H,3-6H2,1-2H3;3-6H,1-2H3/t7-,8-,9-;/m1./s1. The molecule has 0 unspecified atom stereocenters. The Balaban J connectivity index is 0.000000219. The molecule has 1 fully saturated rings. The summed E-state index contributed by atoms with van der Waals surface area (Å²) in [7, 11) is 5.70. The van der Waals surface area contributed by atoms with E-state index in [9.17, 15) is 10.2 Å². The van der Waals surface area contributed by atoms with Gasteiger partial charge in [-0.3, -0.25) is 0 Å². The Bertz CT molecular complexity index is 409. The lowest BCUT2D eigenvalue weighted by Crippen LogP contribution is -2.37. The Kier molecular flexibility index (Phi) is 7.72. The molecule has 4 nitrogen and oxygen atoms in total. The summed E-state index contributed by atoms with van der Waals surface area (Å²) in [5, 5.41) is 18.9. The van der Waals surface area contributed by atoms with Crippen LogP contribution in [0.15, 0.2) is 24.3 Å². The van der Waals surface area contributed by atoms with Crippen LogP contribution in [-0.4, -0.2) is 55.1 Å². The van der Waals surface area contributed by atoms with E-state index in [-0.39, 0.29) is 12.2 Å². The molecule has 1 saturated carbocycles. The number of hydrogen-bond acceptors (Lipinski definition) is 4. The van der Waals surface area contributed by atoms with E-state index in [0.717, 1.165) is 25.1 Å². The maximum absolute atomic E-state index is 9.60. The van der Waals surface area contributed by atoms with Crippen LogP contribution in [-0.2, 0) is 0 Å². The second-order valence-electron chi connectivity index (χ2n) is 6.08. The third kappa shape index (κ3) is 6.93. The monoisotopic (exact) mass is 295 g/mol. The fourth-order valence-electron chi connectivity index (χ4n) is 2.61. The average Bonchev–Trinajstić information content (AvgIpc) is 2.42. The number of ether oxygens (including phenoxy) is 1. The zero-order chi connectivity index (χ0) is 15.8.